The average Bonchev–Trinajstić information content (AvgIpc) is 0.948. The molecule has 0 aromatic heterocycles. The van der Waals surface area contributed by atoms with Gasteiger partial charge in [0, 0.05) is 186 Å². The predicted molar refractivity (Wildman–Crippen MR) is 534 cm³/mol. The number of benzene rings is 12. The molecule has 0 bridgehead atoms. The van der Waals surface area contributed by atoms with Gasteiger partial charge >= 0.3 is 0 Å². The van der Waals surface area contributed by atoms with Crippen molar-refractivity contribution in [3.63, 3.8) is 0 Å². The summed E-state index contributed by atoms with van der Waals surface area (Å²) in [4.78, 5) is 0. The Hall–Kier alpha value is -2.94. The molecule has 692 valence electrons. The Morgan fingerprint density at radius 1 is 0.192 bits per heavy atom. The standard InChI is InChI=1S/C18H18.C17H20.C16H18O.C16H18.C14H16.C10H20.C10H14.C10H20.C8H16.10V/c1-11-5-15-9-17-7-13(3)14(4)8-18(17)10-16(15)6-12(11)2;1-12-5-7-16(9-14(12)3)11-17-8-6-13(2)15(4)10-17;1-11-5-7-15(9-13(11)3)17-16-8-6-12(2)14(4)10-16;1-11-5-7-15(9-13(11)3)16-8-6-12(2)14(4)10-16;1-9-5-13-7-11(3)12(4)8-14(13)6-10(9)2;2*1-7-5-9(3)10(4)6-8(7)2;1-5-10-8(3)6-7(2)9(10)4;1-5-6(2)8(4)7(5)3;;;;;;;;;;/h5-10H,1-4H3;5-10H,11H2,1-4H3;5-10H,1-4H3;5-10H,1-4H3;5-8H,1-4H3;7-10H,5-6H2,1-4H3;5-6H,1-4H3;7-10H,5-6H2,1-4H3;5-8H,1-4H3;;;;;;;;;;. The number of hydrogen-bond acceptors (Lipinski definition) is 1. The Balaban J connectivity index is -0.000000687. The van der Waals surface area contributed by atoms with E-state index < -0.39 is 0 Å². The van der Waals surface area contributed by atoms with Gasteiger partial charge in [0.05, 0.1) is 0 Å². The van der Waals surface area contributed by atoms with Crippen molar-refractivity contribution in [3.05, 3.63) is 327 Å². The third-order valence-corrected chi connectivity index (χ3v) is 29.6. The first-order valence-electron chi connectivity index (χ1n) is 45.9. The number of aryl methyl sites for hydroxylation is 24. The van der Waals surface area contributed by atoms with Crippen LogP contribution >= 0.6 is 0 Å². The molecule has 11 heteroatoms. The summed E-state index contributed by atoms with van der Waals surface area (Å²) in [7, 11) is 0. The van der Waals surface area contributed by atoms with E-state index in [1.807, 2.05) is 12.1 Å². The summed E-state index contributed by atoms with van der Waals surface area (Å²) in [6, 6.07) is 66.5. The molecule has 1 nitrogen and oxygen atoms in total. The van der Waals surface area contributed by atoms with E-state index in [2.05, 4.69) is 419 Å². The quantitative estimate of drug-likeness (QED) is 0.151. The van der Waals surface area contributed by atoms with Gasteiger partial charge < -0.3 is 4.74 Å². The fraction of sp³-hybridized carbons (Fsp3) is 0.445. The Kier molecular flexibility index (Phi) is 64.5. The van der Waals surface area contributed by atoms with E-state index in [1.54, 1.807) is 0 Å². The molecule has 3 saturated carbocycles. The molecule has 15 rings (SSSR count). The van der Waals surface area contributed by atoms with Crippen LogP contribution < -0.4 is 4.74 Å². The monoisotopic (exact) mass is 2110 g/mol. The molecular weight excluding hydrogens is 1950 g/mol. The van der Waals surface area contributed by atoms with Crippen molar-refractivity contribution in [2.24, 2.45) is 71.0 Å². The summed E-state index contributed by atoms with van der Waals surface area (Å²) in [5, 5.41) is 8.08. The molecule has 8 unspecified atom stereocenters. The molecule has 8 atom stereocenters. The van der Waals surface area contributed by atoms with Crippen LogP contribution in [0.2, 0.25) is 0 Å². The fourth-order valence-electron chi connectivity index (χ4n) is 17.6. The molecule has 0 saturated heterocycles. The van der Waals surface area contributed by atoms with E-state index in [0.717, 1.165) is 88.9 Å². The SMILES string of the molecule is CC1C(C)C(C)C1C.CC1CC(C)C(C)CC1C.CCC1C(C)CC(C)C1C.Cc1cc(C)c(C)cc1C.Cc1cc2cc(C)c(C)cc2cc1C.Cc1cc2cc3cc(C)c(C)cc3cc2cc1C.Cc1ccc(-c2ccc(C)c(C)c2)cc1C.Cc1ccc(Cc2ccc(C)c(C)c2)cc1C.Cc1ccc(Oc2ccc(C)c(C)c2)cc1C.[V].[V].[V].[V].[V].[V].[V].[V].[V].[V]. The van der Waals surface area contributed by atoms with Crippen molar-refractivity contribution in [3.8, 4) is 22.6 Å². The van der Waals surface area contributed by atoms with Crippen molar-refractivity contribution >= 4 is 32.3 Å². The van der Waals surface area contributed by atoms with E-state index in [4.69, 9.17) is 4.74 Å². The van der Waals surface area contributed by atoms with Crippen molar-refractivity contribution in [2.45, 2.75) is 281 Å². The van der Waals surface area contributed by atoms with Crippen LogP contribution in [0.15, 0.2) is 182 Å². The second-order valence-electron chi connectivity index (χ2n) is 38.8. The first-order valence-corrected chi connectivity index (χ1v) is 45.9. The van der Waals surface area contributed by atoms with Gasteiger partial charge in [0.2, 0.25) is 0 Å². The molecule has 0 heterocycles. The summed E-state index contributed by atoms with van der Waals surface area (Å²) in [6.45, 7) is 80.3. The normalized spacial score (nSPS) is 18.4. The van der Waals surface area contributed by atoms with Crippen molar-refractivity contribution in [1.29, 1.82) is 0 Å². The van der Waals surface area contributed by atoms with E-state index in [-0.39, 0.29) is 186 Å². The van der Waals surface area contributed by atoms with Gasteiger partial charge in [-0.15, -0.1) is 0 Å². The number of ether oxygens (including phenoxy) is 1. The maximum absolute atomic E-state index is 5.85. The van der Waals surface area contributed by atoms with Crippen molar-refractivity contribution in [1.82, 2.24) is 0 Å². The summed E-state index contributed by atoms with van der Waals surface area (Å²) in [5.74, 6) is 13.5. The van der Waals surface area contributed by atoms with Gasteiger partial charge in [0.1, 0.15) is 11.5 Å². The first-order chi connectivity index (χ1) is 56.3. The van der Waals surface area contributed by atoms with E-state index in [0.29, 0.717) is 0 Å². The Morgan fingerprint density at radius 3 is 0.600 bits per heavy atom. The first kappa shape index (κ1) is 133. The number of hydrogen-bond donors (Lipinski definition) is 0. The van der Waals surface area contributed by atoms with Crippen molar-refractivity contribution < 1.29 is 190 Å². The van der Waals surface area contributed by atoms with Crippen LogP contribution in [0.5, 0.6) is 11.5 Å². The Labute approximate surface area is 913 Å². The average molecular weight is 2120 g/mol. The maximum Gasteiger partial charge on any atom is 0.127 e. The minimum absolute atomic E-state index is 0. The fourth-order valence-corrected chi connectivity index (χ4v) is 17.6. The minimum atomic E-state index is 0. The van der Waals surface area contributed by atoms with Crippen LogP contribution in [0.4, 0.5) is 0 Å². The minimum Gasteiger partial charge on any atom is -0.457 e. The Bertz CT molecular complexity index is 4850. The Morgan fingerprint density at radius 2 is 0.392 bits per heavy atom. The summed E-state index contributed by atoms with van der Waals surface area (Å²) in [6.07, 6.45) is 6.76. The molecule has 3 aliphatic rings. The zero-order valence-corrected chi connectivity index (χ0v) is 101. The molecule has 0 amide bonds. The molecule has 3 fully saturated rings. The number of fused-ring (bicyclic) bond motifs is 3. The van der Waals surface area contributed by atoms with E-state index in [9.17, 15) is 0 Å². The molecule has 10 radical (unpaired) electrons. The predicted octanol–water partition coefficient (Wildman–Crippen LogP) is 35.2. The van der Waals surface area contributed by atoms with Crippen LogP contribution in [0.3, 0.4) is 0 Å². The van der Waals surface area contributed by atoms with Gasteiger partial charge in [-0.05, 0) is 487 Å². The largest absolute Gasteiger partial charge is 0.457 e. The maximum atomic E-state index is 5.85. The third-order valence-electron chi connectivity index (χ3n) is 29.6. The van der Waals surface area contributed by atoms with Gasteiger partial charge in [-0.2, -0.15) is 0 Å². The zero-order valence-electron chi connectivity index (χ0n) is 86.7. The van der Waals surface area contributed by atoms with Gasteiger partial charge in [0.15, 0.2) is 0 Å². The molecule has 0 N–H and O–H groups in total. The second-order valence-corrected chi connectivity index (χ2v) is 38.8. The number of rotatable bonds is 6. The molecule has 12 aromatic rings. The smallest absolute Gasteiger partial charge is 0.127 e. The van der Waals surface area contributed by atoms with Gasteiger partial charge in [-0.25, -0.2) is 0 Å². The van der Waals surface area contributed by atoms with Gasteiger partial charge in [-0.1, -0.05) is 235 Å². The van der Waals surface area contributed by atoms with Crippen molar-refractivity contribution in [2.75, 3.05) is 0 Å². The van der Waals surface area contributed by atoms with Crippen LogP contribution in [0.1, 0.15) is 253 Å². The third kappa shape index (κ3) is 39.4. The molecule has 3 aliphatic carbocycles. The second kappa shape index (κ2) is 62.9. The molecular formula is C119H160OV10. The molecule has 0 spiro atoms. The molecule has 0 aliphatic heterocycles. The zero-order chi connectivity index (χ0) is 89.2. The summed E-state index contributed by atoms with van der Waals surface area (Å²) in [5.41, 5.74) is 38.0. The van der Waals surface area contributed by atoms with Gasteiger partial charge in [0.25, 0.3) is 0 Å². The molecule has 12 aromatic carbocycles. The summed E-state index contributed by atoms with van der Waals surface area (Å²) >= 11 is 0. The molecule has 130 heavy (non-hydrogen) atoms. The van der Waals surface area contributed by atoms with Crippen LogP contribution in [0, 0.1) is 237 Å². The topological polar surface area (TPSA) is 9.23 Å². The van der Waals surface area contributed by atoms with Crippen LogP contribution in [-0.4, -0.2) is 0 Å². The van der Waals surface area contributed by atoms with E-state index in [1.165, 1.54) is 214 Å². The van der Waals surface area contributed by atoms with Crippen LogP contribution in [0.25, 0.3) is 43.4 Å². The van der Waals surface area contributed by atoms with Crippen LogP contribution in [-0.2, 0) is 192 Å². The van der Waals surface area contributed by atoms with E-state index >= 15 is 0 Å². The summed E-state index contributed by atoms with van der Waals surface area (Å²) < 4.78 is 5.85. The van der Waals surface area contributed by atoms with Gasteiger partial charge in [-0.3, -0.25) is 0 Å².